The summed E-state index contributed by atoms with van der Waals surface area (Å²) >= 11 is 0. The van der Waals surface area contributed by atoms with Gasteiger partial charge in [-0.2, -0.15) is 5.26 Å². The van der Waals surface area contributed by atoms with Crippen molar-refractivity contribution in [3.8, 4) is 6.07 Å². The summed E-state index contributed by atoms with van der Waals surface area (Å²) in [6, 6.07) is 33.8. The van der Waals surface area contributed by atoms with E-state index in [-0.39, 0.29) is 12.2 Å². The molecular weight excluding hydrogens is 385 g/mol. The third kappa shape index (κ3) is 3.75. The van der Waals surface area contributed by atoms with Crippen molar-refractivity contribution in [2.24, 2.45) is 5.92 Å². The van der Waals surface area contributed by atoms with Crippen LogP contribution in [0.2, 0.25) is 11.4 Å². The molecule has 0 saturated heterocycles. The predicted octanol–water partition coefficient (Wildman–Crippen LogP) is 2.94. The fourth-order valence-corrected chi connectivity index (χ4v) is 11.0. The van der Waals surface area contributed by atoms with E-state index in [4.69, 9.17) is 0 Å². The lowest BCUT2D eigenvalue weighted by Gasteiger charge is -2.49. The fraction of sp³-hybridized carbons (Fsp3) is 0.240. The van der Waals surface area contributed by atoms with E-state index in [1.165, 1.54) is 0 Å². The highest BCUT2D eigenvalue weighted by atomic mass is 28.3. The molecule has 0 radical (unpaired) electrons. The van der Waals surface area contributed by atoms with Gasteiger partial charge in [-0.3, -0.25) is 0 Å². The van der Waals surface area contributed by atoms with Crippen LogP contribution in [0.15, 0.2) is 91.0 Å². The first kappa shape index (κ1) is 22.0. The largest absolute Gasteiger partial charge is 0.451 e. The van der Waals surface area contributed by atoms with Crippen LogP contribution in [0.4, 0.5) is 0 Å². The molecule has 3 nitrogen and oxygen atoms in total. The van der Waals surface area contributed by atoms with Gasteiger partial charge in [-0.05, 0) is 34.2 Å². The van der Waals surface area contributed by atoms with Gasteiger partial charge in [-0.25, -0.2) is 0 Å². The molecule has 0 aliphatic carbocycles. The lowest BCUT2D eigenvalue weighted by Crippen LogP contribution is -2.74. The highest BCUT2D eigenvalue weighted by Gasteiger charge is 2.58. The predicted molar refractivity (Wildman–Crippen MR) is 127 cm³/mol. The normalized spacial score (nSPS) is 13.5. The van der Waals surface area contributed by atoms with Gasteiger partial charge in [0.25, 0.3) is 0 Å². The van der Waals surface area contributed by atoms with E-state index in [0.29, 0.717) is 6.42 Å². The Morgan fingerprint density at radius 1 is 0.800 bits per heavy atom. The molecule has 0 saturated carbocycles. The number of nitriles is 1. The van der Waals surface area contributed by atoms with Crippen molar-refractivity contribution in [1.82, 2.24) is 0 Å². The number of rotatable bonds is 8. The minimum absolute atomic E-state index is 0.00790. The lowest BCUT2D eigenvalue weighted by atomic mass is 9.78. The van der Waals surface area contributed by atoms with Gasteiger partial charge in [0.2, 0.25) is 0 Å². The Balaban J connectivity index is 2.48. The number of hydrogen-bond acceptors (Lipinski definition) is 3. The van der Waals surface area contributed by atoms with E-state index in [1.807, 2.05) is 54.6 Å². The van der Waals surface area contributed by atoms with Crippen LogP contribution in [0, 0.1) is 17.2 Å². The average molecular weight is 413 g/mol. The van der Waals surface area contributed by atoms with Gasteiger partial charge in [0.1, 0.15) is 0 Å². The van der Waals surface area contributed by atoms with Crippen LogP contribution in [0.5, 0.6) is 0 Å². The number of nitrogens with zero attached hydrogens (tertiary/aromatic N) is 1. The van der Waals surface area contributed by atoms with Gasteiger partial charge in [-0.1, -0.05) is 105 Å². The summed E-state index contributed by atoms with van der Waals surface area (Å²) in [7, 11) is -4.36. The fourth-order valence-electron chi connectivity index (χ4n) is 4.87. The summed E-state index contributed by atoms with van der Waals surface area (Å²) in [6.07, 6.45) is 0.566. The molecule has 0 aliphatic heterocycles. The van der Waals surface area contributed by atoms with Crippen LogP contribution in [0.25, 0.3) is 0 Å². The molecule has 3 aromatic rings. The first-order chi connectivity index (χ1) is 14.5. The standard InChI is InChI=1S/C25H28BNO2Si/c1-21(2)25(20-27,18-19-26(28)29)30(22-12-6-3-7-13-22,23-14-8-4-9-15-23)24-16-10-5-11-17-24/h3-17,21,28-29H,18-19H2,1-2H3. The van der Waals surface area contributed by atoms with Crippen LogP contribution >= 0.6 is 0 Å². The Kier molecular flexibility index (Phi) is 6.94. The molecule has 1 atom stereocenters. The van der Waals surface area contributed by atoms with Crippen molar-refractivity contribution < 1.29 is 10.0 Å². The Labute approximate surface area is 180 Å². The second kappa shape index (κ2) is 9.44. The summed E-state index contributed by atoms with van der Waals surface area (Å²) in [5.74, 6) is 0.00790. The van der Waals surface area contributed by atoms with E-state index in [2.05, 4.69) is 56.3 Å². The number of hydrogen-bond donors (Lipinski definition) is 2. The molecule has 0 spiro atoms. The Bertz CT molecular complexity index is 878. The van der Waals surface area contributed by atoms with Crippen LogP contribution in [-0.4, -0.2) is 25.2 Å². The second-order valence-electron chi connectivity index (χ2n) is 8.11. The van der Waals surface area contributed by atoms with Gasteiger partial charge in [0.15, 0.2) is 8.07 Å². The molecule has 0 heterocycles. The van der Waals surface area contributed by atoms with Gasteiger partial charge in [0.05, 0.1) is 11.1 Å². The third-order valence-electron chi connectivity index (χ3n) is 6.27. The SMILES string of the molecule is CC(C)C(C#N)(CCB(O)O)[Si](c1ccccc1)(c1ccccc1)c1ccccc1. The first-order valence-corrected chi connectivity index (χ1v) is 12.4. The number of benzene rings is 3. The van der Waals surface area contributed by atoms with Crippen molar-refractivity contribution in [2.75, 3.05) is 0 Å². The molecule has 152 valence electrons. The zero-order valence-electron chi connectivity index (χ0n) is 17.6. The maximum Gasteiger partial charge on any atom is 0.451 e. The molecule has 2 N–H and O–H groups in total. The Morgan fingerprint density at radius 2 is 1.17 bits per heavy atom. The van der Waals surface area contributed by atoms with Crippen LogP contribution < -0.4 is 15.6 Å². The highest BCUT2D eigenvalue weighted by molar-refractivity contribution is 7.14. The van der Waals surface area contributed by atoms with E-state index in [1.54, 1.807) is 0 Å². The minimum atomic E-state index is -2.92. The van der Waals surface area contributed by atoms with Crippen LogP contribution in [0.3, 0.4) is 0 Å². The molecule has 3 rings (SSSR count). The molecule has 0 bridgehead atoms. The molecule has 0 fully saturated rings. The maximum absolute atomic E-state index is 10.8. The van der Waals surface area contributed by atoms with Gasteiger partial charge in [0, 0.05) is 0 Å². The Hall–Kier alpha value is -2.65. The molecule has 3 aromatic carbocycles. The monoisotopic (exact) mass is 413 g/mol. The molecule has 30 heavy (non-hydrogen) atoms. The van der Waals surface area contributed by atoms with Crippen molar-refractivity contribution in [1.29, 1.82) is 5.26 Å². The van der Waals surface area contributed by atoms with Crippen LogP contribution in [-0.2, 0) is 0 Å². The zero-order chi connectivity index (χ0) is 21.6. The highest BCUT2D eigenvalue weighted by Crippen LogP contribution is 2.48. The van der Waals surface area contributed by atoms with Crippen molar-refractivity contribution in [3.63, 3.8) is 0 Å². The molecule has 1 unspecified atom stereocenters. The van der Waals surface area contributed by atoms with Gasteiger partial charge >= 0.3 is 7.12 Å². The van der Waals surface area contributed by atoms with E-state index >= 15 is 0 Å². The zero-order valence-corrected chi connectivity index (χ0v) is 18.6. The smallest absolute Gasteiger partial charge is 0.427 e. The lowest BCUT2D eigenvalue weighted by molar-refractivity contribution is 0.388. The summed E-state index contributed by atoms with van der Waals surface area (Å²) in [5.41, 5.74) is 0. The van der Waals surface area contributed by atoms with Crippen molar-refractivity contribution in [3.05, 3.63) is 91.0 Å². The Morgan fingerprint density at radius 3 is 1.43 bits per heavy atom. The third-order valence-corrected chi connectivity index (χ3v) is 12.1. The molecule has 5 heteroatoms. The second-order valence-corrected chi connectivity index (χ2v) is 12.2. The first-order valence-electron chi connectivity index (χ1n) is 10.4. The van der Waals surface area contributed by atoms with E-state index in [0.717, 1.165) is 15.6 Å². The van der Waals surface area contributed by atoms with Crippen molar-refractivity contribution in [2.45, 2.75) is 31.6 Å². The summed E-state index contributed by atoms with van der Waals surface area (Å²) in [6.45, 7) is 4.17. The minimum Gasteiger partial charge on any atom is -0.427 e. The topological polar surface area (TPSA) is 64.2 Å². The summed E-state index contributed by atoms with van der Waals surface area (Å²) in [5, 5.41) is 33.0. The summed E-state index contributed by atoms with van der Waals surface area (Å²) < 4.78 is 0. The molecule has 0 aromatic heterocycles. The molecule has 0 amide bonds. The summed E-state index contributed by atoms with van der Waals surface area (Å²) in [4.78, 5) is 0. The maximum atomic E-state index is 10.8. The molecular formula is C25H28BNO2Si. The quantitative estimate of drug-likeness (QED) is 0.441. The average Bonchev–Trinajstić information content (AvgIpc) is 2.78. The molecule has 0 aliphatic rings. The van der Waals surface area contributed by atoms with E-state index in [9.17, 15) is 15.3 Å². The van der Waals surface area contributed by atoms with Gasteiger partial charge in [-0.15, -0.1) is 0 Å². The van der Waals surface area contributed by atoms with Gasteiger partial charge < -0.3 is 10.0 Å². The van der Waals surface area contributed by atoms with Crippen LogP contribution in [0.1, 0.15) is 20.3 Å². The van der Waals surface area contributed by atoms with Crippen molar-refractivity contribution >= 4 is 30.8 Å². The van der Waals surface area contributed by atoms with E-state index < -0.39 is 20.2 Å².